The summed E-state index contributed by atoms with van der Waals surface area (Å²) in [5.74, 6) is 0.252. The van der Waals surface area contributed by atoms with Crippen molar-refractivity contribution in [1.29, 1.82) is 0 Å². The lowest BCUT2D eigenvalue weighted by Crippen LogP contribution is -2.54. The van der Waals surface area contributed by atoms with E-state index < -0.39 is 122 Å². The maximum atomic E-state index is 13.4. The number of fused-ring (bicyclic) bond motifs is 7. The highest BCUT2D eigenvalue weighted by molar-refractivity contribution is 5.87. The Morgan fingerprint density at radius 3 is 1.23 bits per heavy atom. The Balaban J connectivity index is 0.000000182. The Bertz CT molecular complexity index is 4680. The number of carbonyl (C=O) groups excluding carboxylic acids is 2. The molecule has 13 rings (SSSR count). The Hall–Kier alpha value is -9.94. The molecule has 0 radical (unpaired) electrons. The van der Waals surface area contributed by atoms with E-state index in [0.29, 0.717) is 87.9 Å². The molecule has 10 saturated carbocycles. The van der Waals surface area contributed by atoms with Crippen molar-refractivity contribution in [2.75, 3.05) is 16.3 Å². The summed E-state index contributed by atoms with van der Waals surface area (Å²) >= 11 is 0. The predicted molar refractivity (Wildman–Crippen MR) is 462 cm³/mol. The van der Waals surface area contributed by atoms with E-state index in [9.17, 15) is 120 Å². The summed E-state index contributed by atoms with van der Waals surface area (Å²) in [6.07, 6.45) is 21.5. The number of Topliss-reactive ketones (excluding diaryl/α,β-unsaturated/α-hetero) is 2. The first-order chi connectivity index (χ1) is 58.8. The van der Waals surface area contributed by atoms with Gasteiger partial charge in [0.2, 0.25) is 0 Å². The topological polar surface area (TPSA) is 559 Å². The molecule has 0 spiro atoms. The number of nitrogens with zero attached hydrogens (tertiary/aromatic N) is 9. The number of nitrogens with one attached hydrogen (secondary N) is 3. The van der Waals surface area contributed by atoms with Crippen molar-refractivity contribution in [3.05, 3.63) is 115 Å². The predicted octanol–water partition coefficient (Wildman–Crippen LogP) is 16.9. The number of hydrogen-bond donors (Lipinski definition) is 10. The number of anilines is 3. The fourth-order valence-corrected chi connectivity index (χ4v) is 26.9. The van der Waals surface area contributed by atoms with Crippen LogP contribution in [0.2, 0.25) is 0 Å². The summed E-state index contributed by atoms with van der Waals surface area (Å²) in [6, 6.07) is 10.0. The summed E-state index contributed by atoms with van der Waals surface area (Å²) in [5, 5.41) is 152. The fourth-order valence-electron chi connectivity index (χ4n) is 26.9. The standard InChI is InChI=1S/2C30H42N4O8.C29H40N4O8/c1-17(4-9-26(36)37)20-6-7-21-27-22(11-12-28(20,21)2)29(3)13-10-19(35)15-30(29,38)23(27)16-31-32-24-8-5-18(33(39)40)14-25(24)34(41)42;1-18(4-9-28(37)38)22-6-7-23-21(12-15-31-32-25-8-5-19(33(39)40)16-26(25)34(41)42)24(11-14-29(22,23)2)30(3)13-10-20(35)17-27(30)36;1-17(4-9-27(36)37)21-6-7-22-20(16-30-31-24-8-5-18(32(38)39)14-25(24)33(40)41)23(11-13-28(21,22)2)29(3)12-10-19(34)15-26(29)35/h5,8,14,16-17,19-23,27,32,35,38H,4,6-7,9-13,15H2,1-3H3,(H,36,37);5,8,15-16,18,20-24,32,35H,4,6-7,9-14,17H2,1-3H3,(H,37,38);5,8,14,16-17,19-23,31,34H,4,6-7,9-13,15H2,1-3H3,(H,36,37)/b31-16+;;30-16+/t17-,19+,20-,21?,22?,23-,27?,28-,29-,30-;18-,20+,21?,22-,23?,24?,29-,30-;17-,19+,20?,21-,22?,23?,28-,29-/m111/s1. The maximum absolute atomic E-state index is 13.4. The number of non-ortho nitro benzene ring substituents is 3. The van der Waals surface area contributed by atoms with Crippen LogP contribution < -0.4 is 16.3 Å². The molecular weight excluding hydrogens is 1620 g/mol. The molecule has 0 amide bonds. The number of ketones is 2. The third-order valence-electron chi connectivity index (χ3n) is 33.6. The Morgan fingerprint density at radius 2 is 0.816 bits per heavy atom. The van der Waals surface area contributed by atoms with Gasteiger partial charge in [-0.25, -0.2) is 0 Å². The zero-order valence-corrected chi connectivity index (χ0v) is 72.8. The number of hydrazone groups is 3. The van der Waals surface area contributed by atoms with E-state index in [4.69, 9.17) is 0 Å². The fraction of sp³-hybridized carbons (Fsp3) is 0.708. The molecule has 125 heavy (non-hydrogen) atoms. The number of carboxylic acid groups (broad SMARTS) is 3. The zero-order chi connectivity index (χ0) is 91.5. The largest absolute Gasteiger partial charge is 0.481 e. The number of carboxylic acids is 3. The highest BCUT2D eigenvalue weighted by Crippen LogP contribution is 2.74. The Kier molecular flexibility index (Phi) is 29.3. The maximum Gasteiger partial charge on any atom is 0.303 e. The second kappa shape index (κ2) is 38.3. The van der Waals surface area contributed by atoms with E-state index in [2.05, 4.69) is 80.0 Å². The number of rotatable bonds is 30. The third-order valence-corrected chi connectivity index (χ3v) is 33.6. The van der Waals surface area contributed by atoms with Gasteiger partial charge in [-0.05, 0) is 259 Å². The molecule has 0 aliphatic heterocycles. The van der Waals surface area contributed by atoms with Crippen LogP contribution in [0, 0.1) is 188 Å². The van der Waals surface area contributed by atoms with Crippen molar-refractivity contribution in [3.8, 4) is 0 Å². The van der Waals surface area contributed by atoms with Crippen LogP contribution >= 0.6 is 0 Å². The van der Waals surface area contributed by atoms with Gasteiger partial charge in [0, 0.05) is 103 Å². The van der Waals surface area contributed by atoms with Crippen molar-refractivity contribution in [2.24, 2.45) is 142 Å². The van der Waals surface area contributed by atoms with Gasteiger partial charge >= 0.3 is 35.0 Å². The molecule has 10 aliphatic rings. The van der Waals surface area contributed by atoms with Gasteiger partial charge in [-0.1, -0.05) is 62.3 Å². The van der Waals surface area contributed by atoms with Gasteiger partial charge in [-0.15, -0.1) is 0 Å². The molecule has 36 heteroatoms. The summed E-state index contributed by atoms with van der Waals surface area (Å²) in [6.45, 7) is 19.5. The van der Waals surface area contributed by atoms with Crippen molar-refractivity contribution in [2.45, 2.75) is 266 Å². The van der Waals surface area contributed by atoms with Crippen LogP contribution in [0.1, 0.15) is 242 Å². The molecule has 0 heterocycles. The van der Waals surface area contributed by atoms with E-state index in [1.54, 1.807) is 18.6 Å². The first kappa shape index (κ1) is 95.7. The van der Waals surface area contributed by atoms with Gasteiger partial charge in [-0.2, -0.15) is 15.3 Å². The number of benzene rings is 3. The van der Waals surface area contributed by atoms with Crippen LogP contribution in [0.3, 0.4) is 0 Å². The molecule has 26 atom stereocenters. The zero-order valence-electron chi connectivity index (χ0n) is 72.8. The third kappa shape index (κ3) is 19.4. The minimum absolute atomic E-state index is 0.00883. The smallest absolute Gasteiger partial charge is 0.303 e. The van der Waals surface area contributed by atoms with Crippen LogP contribution in [-0.4, -0.2) is 137 Å². The minimum Gasteiger partial charge on any atom is -0.481 e. The minimum atomic E-state index is -1.22. The molecule has 684 valence electrons. The Morgan fingerprint density at radius 1 is 0.448 bits per heavy atom. The summed E-state index contributed by atoms with van der Waals surface area (Å²) in [4.78, 5) is 124. The number of nitro benzene ring substituents is 6. The van der Waals surface area contributed by atoms with E-state index in [1.165, 1.54) is 36.4 Å². The van der Waals surface area contributed by atoms with Gasteiger partial charge < -0.3 is 35.7 Å². The van der Waals surface area contributed by atoms with Gasteiger partial charge in [0.1, 0.15) is 28.6 Å². The lowest BCUT2D eigenvalue weighted by molar-refractivity contribution is -0.393. The molecule has 36 nitrogen and oxygen atoms in total. The Labute approximate surface area is 725 Å². The van der Waals surface area contributed by atoms with Gasteiger partial charge in [-0.3, -0.25) is 101 Å². The SMILES string of the molecule is C[C@H](CCC(=O)O)[C@H]1CCC2C(/C=N/Nc3ccc([N+](=O)[O-])cc3[N+](=O)[O-])C([C@@]3(C)CC[C@H](O)CC3=O)CC[C@@]21C.C[C@H](CCC(=O)O)[C@H]1CCC2C(CC=NNc3ccc([N+](=O)[O-])cc3[N+](=O)[O-])C([C@@]3(C)CC[C@H](O)CC3=O)CC[C@@]21C.C[C@H](CCC(=O)O)[C@H]1CCC2C3C(CC[C@@]21C)[C@@]1(C)CC[C@H](O)C[C@@]1(O)[C@@H]3/C=N/Nc1ccc([N+](=O)[O-])cc1[N+](=O)[O-]. The molecule has 0 aromatic heterocycles. The van der Waals surface area contributed by atoms with Gasteiger partial charge in [0.15, 0.2) is 0 Å². The molecule has 0 saturated heterocycles. The molecule has 9 unspecified atom stereocenters. The van der Waals surface area contributed by atoms with Crippen LogP contribution in [0.25, 0.3) is 0 Å². The lowest BCUT2D eigenvalue weighted by atomic mass is 9.49. The van der Waals surface area contributed by atoms with E-state index in [-0.39, 0.29) is 154 Å². The van der Waals surface area contributed by atoms with Crippen LogP contribution in [0.15, 0.2) is 69.9 Å². The summed E-state index contributed by atoms with van der Waals surface area (Å²) < 4.78 is 0. The highest BCUT2D eigenvalue weighted by atomic mass is 16.6. The number of nitro groups is 6. The quantitative estimate of drug-likeness (QED) is 0.0168. The number of aliphatic hydroxyl groups is 4. The lowest BCUT2D eigenvalue weighted by Gasteiger charge is -2.55. The molecular formula is C89H124N12O24. The van der Waals surface area contributed by atoms with Gasteiger partial charge in [0.05, 0.1) is 71.7 Å². The number of hydrogen-bond acceptors (Lipinski definition) is 27. The highest BCUT2D eigenvalue weighted by Gasteiger charge is 2.72. The molecule has 10 aliphatic carbocycles. The molecule has 0 bridgehead atoms. The van der Waals surface area contributed by atoms with E-state index in [0.717, 1.165) is 95.2 Å². The molecule has 3 aromatic rings. The molecule has 3 aromatic carbocycles. The normalized spacial score (nSPS) is 35.9. The molecule has 10 N–H and O–H groups in total. The van der Waals surface area contributed by atoms with Crippen molar-refractivity contribution in [3.63, 3.8) is 0 Å². The van der Waals surface area contributed by atoms with Crippen LogP contribution in [0.4, 0.5) is 51.2 Å². The summed E-state index contributed by atoms with van der Waals surface area (Å²) in [7, 11) is 0. The number of carbonyl (C=O) groups is 5. The van der Waals surface area contributed by atoms with Crippen molar-refractivity contribution < 1.29 is 89.3 Å². The second-order valence-corrected chi connectivity index (χ2v) is 39.7. The van der Waals surface area contributed by atoms with Crippen LogP contribution in [-0.2, 0) is 24.0 Å². The average molecular weight is 1750 g/mol. The first-order valence-electron chi connectivity index (χ1n) is 44.4. The van der Waals surface area contributed by atoms with E-state index in [1.807, 2.05) is 13.8 Å². The summed E-state index contributed by atoms with van der Waals surface area (Å²) in [5.41, 5.74) is 2.72. The van der Waals surface area contributed by atoms with Crippen molar-refractivity contribution >= 4 is 99.3 Å². The van der Waals surface area contributed by atoms with Gasteiger partial charge in [0.25, 0.3) is 17.1 Å². The number of aliphatic hydroxyl groups excluding tert-OH is 3. The average Bonchev–Trinajstić information content (AvgIpc) is 1.51. The van der Waals surface area contributed by atoms with E-state index >= 15 is 0 Å². The second-order valence-electron chi connectivity index (χ2n) is 39.7. The number of aliphatic carboxylic acids is 3. The van der Waals surface area contributed by atoms with Crippen molar-refractivity contribution in [1.82, 2.24) is 0 Å². The van der Waals surface area contributed by atoms with Crippen LogP contribution in [0.5, 0.6) is 0 Å². The first-order valence-corrected chi connectivity index (χ1v) is 44.4. The monoisotopic (exact) mass is 1740 g/mol. The molecule has 10 fully saturated rings.